The van der Waals surface area contributed by atoms with E-state index in [2.05, 4.69) is 56.9 Å². The molecule has 5 heteroatoms. The second-order valence-electron chi connectivity index (χ2n) is 6.77. The summed E-state index contributed by atoms with van der Waals surface area (Å²) in [6.07, 6.45) is 1.10. The smallest absolute Gasteiger partial charge is 0.300 e. The molecular formula is C21H35NO3S. The third-order valence-corrected chi connectivity index (χ3v) is 5.05. The summed E-state index contributed by atoms with van der Waals surface area (Å²) in [6.45, 7) is 15.0. The van der Waals surface area contributed by atoms with Gasteiger partial charge in [-0.2, -0.15) is 0 Å². The third-order valence-electron chi connectivity index (χ3n) is 4.02. The first-order valence-electron chi connectivity index (χ1n) is 9.38. The lowest BCUT2D eigenvalue weighted by atomic mass is 9.97. The Bertz CT molecular complexity index is 521. The molecule has 1 aromatic rings. The minimum absolute atomic E-state index is 0.0187. The predicted molar refractivity (Wildman–Crippen MR) is 112 cm³/mol. The Labute approximate surface area is 163 Å². The summed E-state index contributed by atoms with van der Waals surface area (Å²) < 4.78 is 0. The Morgan fingerprint density at radius 1 is 1.08 bits per heavy atom. The van der Waals surface area contributed by atoms with Crippen LogP contribution in [0, 0.1) is 5.92 Å². The van der Waals surface area contributed by atoms with Crippen LogP contribution in [-0.2, 0) is 16.0 Å². The molecule has 0 spiro atoms. The minimum atomic E-state index is -0.833. The van der Waals surface area contributed by atoms with Gasteiger partial charge in [0.25, 0.3) is 5.97 Å². The van der Waals surface area contributed by atoms with Crippen LogP contribution in [0.2, 0.25) is 0 Å². The van der Waals surface area contributed by atoms with E-state index in [1.54, 1.807) is 0 Å². The fourth-order valence-electron chi connectivity index (χ4n) is 2.49. The van der Waals surface area contributed by atoms with E-state index in [0.717, 1.165) is 44.3 Å². The summed E-state index contributed by atoms with van der Waals surface area (Å²) >= 11 is 1.47. The molecule has 0 saturated carbocycles. The lowest BCUT2D eigenvalue weighted by Crippen LogP contribution is -2.25. The van der Waals surface area contributed by atoms with Crippen molar-refractivity contribution in [2.75, 3.05) is 25.4 Å². The Morgan fingerprint density at radius 3 is 2.00 bits per heavy atom. The van der Waals surface area contributed by atoms with Gasteiger partial charge >= 0.3 is 0 Å². The van der Waals surface area contributed by atoms with E-state index in [0.29, 0.717) is 5.92 Å². The molecule has 0 aliphatic carbocycles. The highest BCUT2D eigenvalue weighted by atomic mass is 32.2. The summed E-state index contributed by atoms with van der Waals surface area (Å²) in [4.78, 5) is 23.7. The lowest BCUT2D eigenvalue weighted by Gasteiger charge is -2.18. The fourth-order valence-corrected chi connectivity index (χ4v) is 3.43. The van der Waals surface area contributed by atoms with Crippen molar-refractivity contribution in [2.24, 2.45) is 5.92 Å². The van der Waals surface area contributed by atoms with Crippen molar-refractivity contribution in [3.05, 3.63) is 35.4 Å². The Morgan fingerprint density at radius 2 is 1.58 bits per heavy atom. The molecule has 0 radical (unpaired) electrons. The Hall–Kier alpha value is -1.33. The predicted octanol–water partition coefficient (Wildman–Crippen LogP) is 4.68. The number of carbonyl (C=O) groups excluding carboxylic acids is 1. The highest BCUT2D eigenvalue weighted by molar-refractivity contribution is 8.13. The van der Waals surface area contributed by atoms with E-state index in [1.165, 1.54) is 17.3 Å². The zero-order valence-corrected chi connectivity index (χ0v) is 17.9. The van der Waals surface area contributed by atoms with Gasteiger partial charge in [0.1, 0.15) is 0 Å². The van der Waals surface area contributed by atoms with Crippen LogP contribution in [-0.4, -0.2) is 46.5 Å². The van der Waals surface area contributed by atoms with Gasteiger partial charge in [0.05, 0.1) is 5.92 Å². The molecule has 1 atom stereocenters. The highest BCUT2D eigenvalue weighted by Crippen LogP contribution is 2.23. The van der Waals surface area contributed by atoms with Gasteiger partial charge in [0.15, 0.2) is 5.12 Å². The molecule has 0 aliphatic rings. The molecule has 0 aromatic heterocycles. The van der Waals surface area contributed by atoms with Crippen LogP contribution in [0.15, 0.2) is 24.3 Å². The van der Waals surface area contributed by atoms with Gasteiger partial charge in [-0.3, -0.25) is 9.59 Å². The highest BCUT2D eigenvalue weighted by Gasteiger charge is 2.16. The van der Waals surface area contributed by atoms with Crippen molar-refractivity contribution >= 4 is 22.8 Å². The fraction of sp³-hybridized carbons (Fsp3) is 0.619. The molecule has 26 heavy (non-hydrogen) atoms. The van der Waals surface area contributed by atoms with E-state index < -0.39 is 5.97 Å². The molecule has 148 valence electrons. The third kappa shape index (κ3) is 11.3. The zero-order valence-electron chi connectivity index (χ0n) is 17.1. The van der Waals surface area contributed by atoms with Gasteiger partial charge in [-0.1, -0.05) is 70.6 Å². The average Bonchev–Trinajstić information content (AvgIpc) is 2.57. The molecule has 1 aromatic carbocycles. The van der Waals surface area contributed by atoms with Crippen molar-refractivity contribution < 1.29 is 14.7 Å². The number of hydrogen-bond donors (Lipinski definition) is 1. The Kier molecular flexibility index (Phi) is 13.1. The Balaban J connectivity index is 0.00000141. The lowest BCUT2D eigenvalue weighted by molar-refractivity contribution is -0.134. The van der Waals surface area contributed by atoms with E-state index in [4.69, 9.17) is 9.90 Å². The molecule has 0 heterocycles. The van der Waals surface area contributed by atoms with Crippen LogP contribution in [0.3, 0.4) is 0 Å². The number of rotatable bonds is 9. The zero-order chi connectivity index (χ0) is 20.1. The normalized spacial score (nSPS) is 11.8. The van der Waals surface area contributed by atoms with Gasteiger partial charge in [-0.25, -0.2) is 0 Å². The van der Waals surface area contributed by atoms with Gasteiger partial charge in [-0.15, -0.1) is 0 Å². The molecule has 0 saturated heterocycles. The van der Waals surface area contributed by atoms with Crippen LogP contribution in [0.25, 0.3) is 0 Å². The van der Waals surface area contributed by atoms with Crippen LogP contribution in [0.1, 0.15) is 58.6 Å². The number of hydrogen-bond acceptors (Lipinski definition) is 4. The van der Waals surface area contributed by atoms with Crippen molar-refractivity contribution in [1.82, 2.24) is 4.90 Å². The maximum Gasteiger partial charge on any atom is 0.300 e. The van der Waals surface area contributed by atoms with Gasteiger partial charge in [0, 0.05) is 19.2 Å². The van der Waals surface area contributed by atoms with Crippen LogP contribution < -0.4 is 0 Å². The second-order valence-corrected chi connectivity index (χ2v) is 7.87. The molecule has 1 rings (SSSR count). The van der Waals surface area contributed by atoms with E-state index in [9.17, 15) is 4.79 Å². The standard InChI is InChI=1S/C19H31NOS.C2H4O2/c1-6-20(7-2)12-13-22-19(21)16(5)18-10-8-17(9-11-18)14-15(3)4;1-2(3)4/h8-11,15-16H,6-7,12-14H2,1-5H3;1H3,(H,3,4). The van der Waals surface area contributed by atoms with Crippen molar-refractivity contribution in [3.63, 3.8) is 0 Å². The second kappa shape index (κ2) is 13.8. The van der Waals surface area contributed by atoms with Gasteiger partial charge in [0.2, 0.25) is 0 Å². The van der Waals surface area contributed by atoms with Crippen LogP contribution >= 0.6 is 11.8 Å². The number of benzene rings is 1. The molecule has 0 bridgehead atoms. The number of carbonyl (C=O) groups is 2. The van der Waals surface area contributed by atoms with Gasteiger partial charge < -0.3 is 10.0 Å². The largest absolute Gasteiger partial charge is 0.481 e. The summed E-state index contributed by atoms with van der Waals surface area (Å²) in [5.41, 5.74) is 2.49. The molecule has 0 amide bonds. The number of thioether (sulfide) groups is 1. The minimum Gasteiger partial charge on any atom is -0.481 e. The summed E-state index contributed by atoms with van der Waals surface area (Å²) in [5.74, 6) is 0.700. The first-order chi connectivity index (χ1) is 12.2. The molecule has 0 aliphatic heterocycles. The van der Waals surface area contributed by atoms with E-state index in [-0.39, 0.29) is 11.0 Å². The van der Waals surface area contributed by atoms with E-state index in [1.807, 2.05) is 6.92 Å². The number of nitrogens with zero attached hydrogens (tertiary/aromatic N) is 1. The van der Waals surface area contributed by atoms with Crippen molar-refractivity contribution in [2.45, 2.75) is 53.9 Å². The number of aliphatic carboxylic acids is 1. The monoisotopic (exact) mass is 381 g/mol. The molecule has 1 unspecified atom stereocenters. The van der Waals surface area contributed by atoms with Crippen LogP contribution in [0.5, 0.6) is 0 Å². The van der Waals surface area contributed by atoms with E-state index >= 15 is 0 Å². The topological polar surface area (TPSA) is 57.6 Å². The summed E-state index contributed by atoms with van der Waals surface area (Å²) in [7, 11) is 0. The molecule has 4 nitrogen and oxygen atoms in total. The maximum atomic E-state index is 12.3. The van der Waals surface area contributed by atoms with Crippen LogP contribution in [0.4, 0.5) is 0 Å². The van der Waals surface area contributed by atoms with Crippen molar-refractivity contribution in [3.8, 4) is 0 Å². The first-order valence-corrected chi connectivity index (χ1v) is 10.4. The summed E-state index contributed by atoms with van der Waals surface area (Å²) in [5, 5.41) is 7.70. The SMILES string of the molecule is CC(=O)O.CCN(CC)CCSC(=O)C(C)c1ccc(CC(C)C)cc1. The van der Waals surface area contributed by atoms with Crippen molar-refractivity contribution in [1.29, 1.82) is 0 Å². The molecule has 1 N–H and O–H groups in total. The average molecular weight is 382 g/mol. The number of carboxylic acid groups (broad SMARTS) is 1. The molecule has 0 fully saturated rings. The summed E-state index contributed by atoms with van der Waals surface area (Å²) in [6, 6.07) is 8.57. The number of carboxylic acids is 1. The maximum absolute atomic E-state index is 12.3. The van der Waals surface area contributed by atoms with Gasteiger partial charge in [-0.05, 0) is 36.6 Å². The quantitative estimate of drug-likeness (QED) is 0.673. The first kappa shape index (κ1) is 24.7. The molecular weight excluding hydrogens is 346 g/mol.